The molecular formula is C10H11NO4S. The minimum atomic E-state index is -3.59. The number of benzene rings is 1. The number of esters is 1. The molecule has 0 bridgehead atoms. The smallest absolute Gasteiger partial charge is 0.307 e. The summed E-state index contributed by atoms with van der Waals surface area (Å²) in [6.45, 7) is 1.22. The van der Waals surface area contributed by atoms with Crippen LogP contribution in [-0.2, 0) is 19.6 Å². The molecule has 6 heteroatoms. The van der Waals surface area contributed by atoms with Crippen LogP contribution in [0.5, 0.6) is 0 Å². The molecule has 0 saturated carbocycles. The Bertz CT molecular complexity index is 479. The average Bonchev–Trinajstić information content (AvgIpc) is 2.26. The van der Waals surface area contributed by atoms with E-state index in [1.165, 1.54) is 19.1 Å². The number of ether oxygens (including phenoxy) is 1. The first-order valence-corrected chi connectivity index (χ1v) is 5.90. The highest BCUT2D eigenvalue weighted by Gasteiger charge is 2.09. The second-order valence-corrected chi connectivity index (χ2v) is 4.56. The largest absolute Gasteiger partial charge is 0.433 e. The Labute approximate surface area is 93.8 Å². The lowest BCUT2D eigenvalue weighted by Gasteiger charge is -2.02. The lowest BCUT2D eigenvalue weighted by molar-refractivity contribution is -0.135. The van der Waals surface area contributed by atoms with Crippen molar-refractivity contribution in [3.63, 3.8) is 0 Å². The highest BCUT2D eigenvalue weighted by molar-refractivity contribution is 7.89. The molecule has 1 rings (SSSR count). The van der Waals surface area contributed by atoms with Crippen molar-refractivity contribution >= 4 is 16.0 Å². The molecule has 0 aliphatic carbocycles. The summed E-state index contributed by atoms with van der Waals surface area (Å²) in [5.74, 6) is -0.518. The number of carbonyl (C=O) groups is 1. The van der Waals surface area contributed by atoms with E-state index in [0.29, 0.717) is 0 Å². The Kier molecular flexibility index (Phi) is 4.07. The molecular weight excluding hydrogens is 230 g/mol. The van der Waals surface area contributed by atoms with Gasteiger partial charge in [0.05, 0.1) is 4.90 Å². The van der Waals surface area contributed by atoms with Gasteiger partial charge in [0.15, 0.2) is 0 Å². The van der Waals surface area contributed by atoms with Crippen molar-refractivity contribution in [1.82, 2.24) is 4.72 Å². The first-order chi connectivity index (χ1) is 7.52. The zero-order valence-electron chi connectivity index (χ0n) is 8.58. The summed E-state index contributed by atoms with van der Waals surface area (Å²) in [6.07, 6.45) is 2.02. The van der Waals surface area contributed by atoms with Gasteiger partial charge in [0, 0.05) is 13.1 Å². The van der Waals surface area contributed by atoms with Gasteiger partial charge in [0.1, 0.15) is 6.26 Å². The number of sulfonamides is 1. The third-order valence-electron chi connectivity index (χ3n) is 1.58. The van der Waals surface area contributed by atoms with Crippen molar-refractivity contribution < 1.29 is 17.9 Å². The van der Waals surface area contributed by atoms with Gasteiger partial charge in [-0.15, -0.1) is 0 Å². The van der Waals surface area contributed by atoms with Gasteiger partial charge in [-0.1, -0.05) is 18.2 Å². The number of hydrogen-bond acceptors (Lipinski definition) is 4. The molecule has 1 aromatic carbocycles. The second-order valence-electron chi connectivity index (χ2n) is 2.85. The molecule has 1 aromatic rings. The van der Waals surface area contributed by atoms with Gasteiger partial charge in [-0.3, -0.25) is 9.52 Å². The fraction of sp³-hybridized carbons (Fsp3) is 0.100. The lowest BCUT2D eigenvalue weighted by Crippen LogP contribution is -2.17. The number of carbonyl (C=O) groups excluding carboxylic acids is 1. The van der Waals surface area contributed by atoms with Gasteiger partial charge in [-0.25, -0.2) is 8.42 Å². The van der Waals surface area contributed by atoms with E-state index in [4.69, 9.17) is 0 Å². The zero-order chi connectivity index (χ0) is 12.0. The summed E-state index contributed by atoms with van der Waals surface area (Å²) in [4.78, 5) is 10.5. The summed E-state index contributed by atoms with van der Waals surface area (Å²) in [5, 5.41) is 0. The van der Waals surface area contributed by atoms with E-state index < -0.39 is 16.0 Å². The van der Waals surface area contributed by atoms with Crippen LogP contribution in [0.25, 0.3) is 0 Å². The van der Waals surface area contributed by atoms with Gasteiger partial charge in [-0.05, 0) is 12.1 Å². The molecule has 0 aromatic heterocycles. The summed E-state index contributed by atoms with van der Waals surface area (Å²) in [5.41, 5.74) is 0. The monoisotopic (exact) mass is 241 g/mol. The minimum Gasteiger partial charge on any atom is -0.433 e. The van der Waals surface area contributed by atoms with Gasteiger partial charge in [0.2, 0.25) is 0 Å². The summed E-state index contributed by atoms with van der Waals surface area (Å²) in [7, 11) is -3.59. The van der Waals surface area contributed by atoms with Crippen molar-refractivity contribution in [3.05, 3.63) is 42.8 Å². The first-order valence-electron chi connectivity index (χ1n) is 4.42. The van der Waals surface area contributed by atoms with Crippen LogP contribution < -0.4 is 4.72 Å². The van der Waals surface area contributed by atoms with E-state index in [1.807, 2.05) is 0 Å². The van der Waals surface area contributed by atoms with Gasteiger partial charge in [-0.2, -0.15) is 0 Å². The summed E-state index contributed by atoms with van der Waals surface area (Å²) in [6, 6.07) is 7.87. The molecule has 0 radical (unpaired) electrons. The normalized spacial score (nSPS) is 11.3. The molecule has 86 valence electrons. The Balaban J connectivity index is 2.67. The maximum absolute atomic E-state index is 11.6. The van der Waals surface area contributed by atoms with E-state index in [1.54, 1.807) is 18.2 Å². The van der Waals surface area contributed by atoms with Crippen LogP contribution in [0.2, 0.25) is 0 Å². The Morgan fingerprint density at radius 2 is 1.94 bits per heavy atom. The minimum absolute atomic E-state index is 0.141. The standard InChI is InChI=1S/C10H11NO4S/c1-9(12)15-8-7-11-16(13,14)10-5-3-2-4-6-10/h2-8,11H,1H3. The van der Waals surface area contributed by atoms with E-state index in [2.05, 4.69) is 9.46 Å². The molecule has 0 atom stereocenters. The van der Waals surface area contributed by atoms with Crippen LogP contribution in [0.4, 0.5) is 0 Å². The van der Waals surface area contributed by atoms with Crippen molar-refractivity contribution in [3.8, 4) is 0 Å². The van der Waals surface area contributed by atoms with Crippen LogP contribution in [0, 0.1) is 0 Å². The Morgan fingerprint density at radius 1 is 1.31 bits per heavy atom. The third kappa shape index (κ3) is 3.74. The SMILES string of the molecule is CC(=O)OC=CNS(=O)(=O)c1ccccc1. The fourth-order valence-corrected chi connectivity index (χ4v) is 1.80. The molecule has 0 amide bonds. The van der Waals surface area contributed by atoms with Crippen LogP contribution in [0.15, 0.2) is 47.7 Å². The number of rotatable bonds is 4. The van der Waals surface area contributed by atoms with Gasteiger partial charge >= 0.3 is 5.97 Å². The van der Waals surface area contributed by atoms with Gasteiger partial charge in [0.25, 0.3) is 10.0 Å². The predicted octanol–water partition coefficient (Wildman–Crippen LogP) is 0.999. The molecule has 16 heavy (non-hydrogen) atoms. The molecule has 1 N–H and O–H groups in total. The Hall–Kier alpha value is -1.82. The molecule has 0 aliphatic rings. The molecule has 0 spiro atoms. The third-order valence-corrected chi connectivity index (χ3v) is 2.92. The summed E-state index contributed by atoms with van der Waals surface area (Å²) >= 11 is 0. The maximum atomic E-state index is 11.6. The molecule has 5 nitrogen and oxygen atoms in total. The van der Waals surface area contributed by atoms with E-state index in [9.17, 15) is 13.2 Å². The Morgan fingerprint density at radius 3 is 2.50 bits per heavy atom. The van der Waals surface area contributed by atoms with Crippen LogP contribution in [0.1, 0.15) is 6.92 Å². The topological polar surface area (TPSA) is 72.5 Å². The molecule has 0 fully saturated rings. The van der Waals surface area contributed by atoms with Crippen LogP contribution in [0.3, 0.4) is 0 Å². The second kappa shape index (κ2) is 5.32. The van der Waals surface area contributed by atoms with Crippen molar-refractivity contribution in [2.24, 2.45) is 0 Å². The zero-order valence-corrected chi connectivity index (χ0v) is 9.40. The first kappa shape index (κ1) is 12.3. The van der Waals surface area contributed by atoms with Crippen molar-refractivity contribution in [2.45, 2.75) is 11.8 Å². The van der Waals surface area contributed by atoms with E-state index in [0.717, 1.165) is 12.5 Å². The lowest BCUT2D eigenvalue weighted by atomic mass is 10.4. The molecule has 0 saturated heterocycles. The average molecular weight is 241 g/mol. The van der Waals surface area contributed by atoms with E-state index >= 15 is 0 Å². The highest BCUT2D eigenvalue weighted by atomic mass is 32.2. The van der Waals surface area contributed by atoms with Crippen molar-refractivity contribution in [1.29, 1.82) is 0 Å². The highest BCUT2D eigenvalue weighted by Crippen LogP contribution is 2.06. The molecule has 0 aliphatic heterocycles. The summed E-state index contributed by atoms with van der Waals surface area (Å²) < 4.78 is 29.7. The fourth-order valence-electron chi connectivity index (χ4n) is 0.915. The quantitative estimate of drug-likeness (QED) is 0.630. The predicted molar refractivity (Wildman–Crippen MR) is 57.7 cm³/mol. The number of hydrogen-bond donors (Lipinski definition) is 1. The van der Waals surface area contributed by atoms with Crippen LogP contribution >= 0.6 is 0 Å². The number of nitrogens with one attached hydrogen (secondary N) is 1. The van der Waals surface area contributed by atoms with Crippen molar-refractivity contribution in [2.75, 3.05) is 0 Å². The molecule has 0 heterocycles. The maximum Gasteiger partial charge on any atom is 0.307 e. The molecule has 0 unspecified atom stereocenters. The van der Waals surface area contributed by atoms with Crippen LogP contribution in [-0.4, -0.2) is 14.4 Å². The van der Waals surface area contributed by atoms with Gasteiger partial charge < -0.3 is 4.74 Å². The van der Waals surface area contributed by atoms with E-state index in [-0.39, 0.29) is 4.90 Å².